The molecule has 1 unspecified atom stereocenters. The lowest BCUT2D eigenvalue weighted by Gasteiger charge is -2.26. The van der Waals surface area contributed by atoms with Crippen LogP contribution < -0.4 is 5.32 Å². The first-order chi connectivity index (χ1) is 11.5. The number of esters is 1. The summed E-state index contributed by atoms with van der Waals surface area (Å²) in [6.07, 6.45) is 3.32. The minimum absolute atomic E-state index is 0.0722. The Labute approximate surface area is 139 Å². The van der Waals surface area contributed by atoms with Crippen molar-refractivity contribution in [3.8, 4) is 0 Å². The molecule has 1 saturated carbocycles. The van der Waals surface area contributed by atoms with E-state index < -0.39 is 11.6 Å². The zero-order valence-electron chi connectivity index (χ0n) is 13.3. The van der Waals surface area contributed by atoms with Gasteiger partial charge in [-0.15, -0.1) is 0 Å². The fraction of sp³-hybridized carbons (Fsp3) is 0.333. The van der Waals surface area contributed by atoms with E-state index in [2.05, 4.69) is 10.1 Å². The Morgan fingerprint density at radius 2 is 1.92 bits per heavy atom. The van der Waals surface area contributed by atoms with Gasteiger partial charge in [-0.3, -0.25) is 4.79 Å². The van der Waals surface area contributed by atoms with Crippen LogP contribution in [-0.2, 0) is 10.3 Å². The standard InChI is InChI=1S/C18H19NO5/c1-23-17(21)13-6-4-12(5-7-13)16(20)19-11-18(22,14-8-9-14)15-3-2-10-24-15/h2-7,10,14,22H,8-9,11H2,1H3,(H,19,20). The Morgan fingerprint density at radius 3 is 2.46 bits per heavy atom. The molecule has 1 aromatic heterocycles. The average Bonchev–Trinajstić information content (AvgIpc) is 3.33. The number of furan rings is 1. The summed E-state index contributed by atoms with van der Waals surface area (Å²) in [5.41, 5.74) is -0.412. The van der Waals surface area contributed by atoms with Crippen molar-refractivity contribution in [1.29, 1.82) is 0 Å². The van der Waals surface area contributed by atoms with Crippen LogP contribution in [0.3, 0.4) is 0 Å². The lowest BCUT2D eigenvalue weighted by atomic mass is 9.94. The van der Waals surface area contributed by atoms with Gasteiger partial charge in [-0.2, -0.15) is 0 Å². The first kappa shape index (κ1) is 16.3. The zero-order valence-corrected chi connectivity index (χ0v) is 13.3. The second-order valence-electron chi connectivity index (χ2n) is 5.93. The molecule has 2 aromatic rings. The Bertz CT molecular complexity index is 718. The second-order valence-corrected chi connectivity index (χ2v) is 5.93. The SMILES string of the molecule is COC(=O)c1ccc(C(=O)NCC(O)(c2ccco2)C2CC2)cc1. The van der Waals surface area contributed by atoms with Crippen LogP contribution in [0.5, 0.6) is 0 Å². The number of aliphatic hydroxyl groups is 1. The monoisotopic (exact) mass is 329 g/mol. The summed E-state index contributed by atoms with van der Waals surface area (Å²) in [5.74, 6) is -0.225. The van der Waals surface area contributed by atoms with Crippen molar-refractivity contribution in [3.63, 3.8) is 0 Å². The van der Waals surface area contributed by atoms with Gasteiger partial charge in [0.25, 0.3) is 5.91 Å². The Hall–Kier alpha value is -2.60. The maximum Gasteiger partial charge on any atom is 0.337 e. The first-order valence-corrected chi connectivity index (χ1v) is 7.77. The number of benzene rings is 1. The van der Waals surface area contributed by atoms with Crippen molar-refractivity contribution in [3.05, 3.63) is 59.5 Å². The number of nitrogens with one attached hydrogen (secondary N) is 1. The van der Waals surface area contributed by atoms with Crippen LogP contribution in [0, 0.1) is 5.92 Å². The number of amides is 1. The first-order valence-electron chi connectivity index (χ1n) is 7.77. The molecule has 1 fully saturated rings. The van der Waals surface area contributed by atoms with E-state index in [-0.39, 0.29) is 18.4 Å². The molecule has 0 saturated heterocycles. The van der Waals surface area contributed by atoms with Gasteiger partial charge in [0, 0.05) is 5.56 Å². The molecule has 1 heterocycles. The van der Waals surface area contributed by atoms with Crippen molar-refractivity contribution in [2.75, 3.05) is 13.7 Å². The minimum atomic E-state index is -1.19. The summed E-state index contributed by atoms with van der Waals surface area (Å²) < 4.78 is 9.96. The third-order valence-electron chi connectivity index (χ3n) is 4.29. The van der Waals surface area contributed by atoms with Crippen molar-refractivity contribution in [2.45, 2.75) is 18.4 Å². The molecular weight excluding hydrogens is 310 g/mol. The molecule has 1 atom stereocenters. The molecule has 1 aliphatic rings. The van der Waals surface area contributed by atoms with Crippen LogP contribution in [0.2, 0.25) is 0 Å². The van der Waals surface area contributed by atoms with E-state index in [1.807, 2.05) is 0 Å². The molecule has 0 aliphatic heterocycles. The van der Waals surface area contributed by atoms with Crippen LogP contribution >= 0.6 is 0 Å². The van der Waals surface area contributed by atoms with E-state index >= 15 is 0 Å². The van der Waals surface area contributed by atoms with Gasteiger partial charge in [-0.1, -0.05) is 0 Å². The molecule has 126 valence electrons. The van der Waals surface area contributed by atoms with Gasteiger partial charge >= 0.3 is 5.97 Å². The highest BCUT2D eigenvalue weighted by Crippen LogP contribution is 2.45. The van der Waals surface area contributed by atoms with Crippen LogP contribution in [0.15, 0.2) is 47.1 Å². The lowest BCUT2D eigenvalue weighted by Crippen LogP contribution is -2.42. The van der Waals surface area contributed by atoms with Crippen molar-refractivity contribution >= 4 is 11.9 Å². The number of rotatable bonds is 6. The molecule has 6 heteroatoms. The predicted molar refractivity (Wildman–Crippen MR) is 85.4 cm³/mol. The maximum atomic E-state index is 12.3. The van der Waals surface area contributed by atoms with Gasteiger partial charge in [-0.05, 0) is 55.2 Å². The quantitative estimate of drug-likeness (QED) is 0.792. The highest BCUT2D eigenvalue weighted by atomic mass is 16.5. The summed E-state index contributed by atoms with van der Waals surface area (Å²) in [6, 6.07) is 9.59. The number of ether oxygens (including phenoxy) is 1. The van der Waals surface area contributed by atoms with Gasteiger partial charge in [0.2, 0.25) is 0 Å². The molecule has 0 spiro atoms. The Kier molecular flexibility index (Phi) is 4.40. The largest absolute Gasteiger partial charge is 0.466 e. The van der Waals surface area contributed by atoms with E-state index in [1.54, 1.807) is 24.3 Å². The molecule has 0 bridgehead atoms. The summed E-state index contributed by atoms with van der Waals surface area (Å²) in [4.78, 5) is 23.7. The van der Waals surface area contributed by atoms with E-state index in [0.717, 1.165) is 12.8 Å². The fourth-order valence-electron chi connectivity index (χ4n) is 2.71. The third-order valence-corrected chi connectivity index (χ3v) is 4.29. The minimum Gasteiger partial charge on any atom is -0.466 e. The van der Waals surface area contributed by atoms with E-state index in [4.69, 9.17) is 4.42 Å². The van der Waals surface area contributed by atoms with Crippen LogP contribution in [0.1, 0.15) is 39.3 Å². The predicted octanol–water partition coefficient (Wildman–Crippen LogP) is 2.09. The molecule has 1 amide bonds. The number of hydrogen-bond donors (Lipinski definition) is 2. The summed E-state index contributed by atoms with van der Waals surface area (Å²) in [6.45, 7) is 0.0722. The number of carbonyl (C=O) groups is 2. The molecule has 2 N–H and O–H groups in total. The second kappa shape index (κ2) is 6.49. The van der Waals surface area contributed by atoms with E-state index in [0.29, 0.717) is 16.9 Å². The van der Waals surface area contributed by atoms with Crippen LogP contribution in [0.25, 0.3) is 0 Å². The average molecular weight is 329 g/mol. The van der Waals surface area contributed by atoms with E-state index in [9.17, 15) is 14.7 Å². The van der Waals surface area contributed by atoms with Crippen LogP contribution in [0.4, 0.5) is 0 Å². The Morgan fingerprint density at radius 1 is 1.25 bits per heavy atom. The lowest BCUT2D eigenvalue weighted by molar-refractivity contribution is -0.00610. The van der Waals surface area contributed by atoms with Crippen molar-refractivity contribution in [1.82, 2.24) is 5.32 Å². The highest BCUT2D eigenvalue weighted by molar-refractivity contribution is 5.96. The van der Waals surface area contributed by atoms with Gasteiger partial charge in [0.1, 0.15) is 11.4 Å². The van der Waals surface area contributed by atoms with Gasteiger partial charge < -0.3 is 19.6 Å². The Balaban J connectivity index is 1.67. The topological polar surface area (TPSA) is 88.8 Å². The van der Waals surface area contributed by atoms with E-state index in [1.165, 1.54) is 25.5 Å². The normalized spacial score (nSPS) is 16.2. The third kappa shape index (κ3) is 3.19. The molecule has 0 radical (unpaired) electrons. The molecule has 24 heavy (non-hydrogen) atoms. The fourth-order valence-corrected chi connectivity index (χ4v) is 2.71. The van der Waals surface area contributed by atoms with Gasteiger partial charge in [0.05, 0.1) is 25.5 Å². The summed E-state index contributed by atoms with van der Waals surface area (Å²) >= 11 is 0. The van der Waals surface area contributed by atoms with Crippen molar-refractivity contribution < 1.29 is 23.8 Å². The number of carbonyl (C=O) groups excluding carboxylic acids is 2. The molecule has 6 nitrogen and oxygen atoms in total. The van der Waals surface area contributed by atoms with Crippen molar-refractivity contribution in [2.24, 2.45) is 5.92 Å². The maximum absolute atomic E-state index is 12.3. The highest BCUT2D eigenvalue weighted by Gasteiger charge is 2.47. The van der Waals surface area contributed by atoms with Gasteiger partial charge in [0.15, 0.2) is 0 Å². The molecule has 1 aliphatic carbocycles. The molecule has 3 rings (SSSR count). The summed E-state index contributed by atoms with van der Waals surface area (Å²) in [7, 11) is 1.30. The number of methoxy groups -OCH3 is 1. The smallest absolute Gasteiger partial charge is 0.337 e. The molecule has 1 aromatic carbocycles. The van der Waals surface area contributed by atoms with Crippen LogP contribution in [-0.4, -0.2) is 30.6 Å². The zero-order chi connectivity index (χ0) is 17.2. The summed E-state index contributed by atoms with van der Waals surface area (Å²) in [5, 5.41) is 13.6. The molecular formula is C18H19NO5. The number of hydrogen-bond acceptors (Lipinski definition) is 5. The van der Waals surface area contributed by atoms with Gasteiger partial charge in [-0.25, -0.2) is 4.79 Å².